The molecule has 1 aromatic carbocycles. The number of ketones is 1. The van der Waals surface area contributed by atoms with E-state index in [1.54, 1.807) is 31.4 Å². The predicted molar refractivity (Wildman–Crippen MR) is 85.1 cm³/mol. The molecule has 0 amide bonds. The Morgan fingerprint density at radius 2 is 2.22 bits per heavy atom. The van der Waals surface area contributed by atoms with Crippen LogP contribution in [0.4, 0.5) is 0 Å². The molecular formula is C18H17N3O2. The maximum atomic E-state index is 12.5. The first-order valence-corrected chi connectivity index (χ1v) is 7.53. The molecule has 1 N–H and O–H groups in total. The van der Waals surface area contributed by atoms with E-state index in [9.17, 15) is 10.1 Å². The molecule has 1 atom stereocenters. The number of methoxy groups -OCH3 is 1. The van der Waals surface area contributed by atoms with Crippen LogP contribution in [-0.4, -0.2) is 23.1 Å². The Labute approximate surface area is 134 Å². The standard InChI is InChI=1S/C18H17N3O2/c1-23-16-5-3-13(4-6-16)18(22)14(10-19)8-12-2-7-17-15(9-12)11-20-21-17/h3-6,8,11-12H,2,7,9H2,1H3,(H,20,21). The molecule has 0 bridgehead atoms. The molecule has 1 aromatic heterocycles. The minimum absolute atomic E-state index is 0.192. The Bertz CT molecular complexity index is 781. The van der Waals surface area contributed by atoms with E-state index in [0.29, 0.717) is 11.3 Å². The highest BCUT2D eigenvalue weighted by molar-refractivity contribution is 6.11. The third-order valence-corrected chi connectivity index (χ3v) is 4.17. The average Bonchev–Trinajstić information content (AvgIpc) is 3.07. The third-order valence-electron chi connectivity index (χ3n) is 4.17. The minimum Gasteiger partial charge on any atom is -0.497 e. The number of Topliss-reactive ketones (excluding diaryl/α,β-unsaturated/α-hetero) is 1. The third kappa shape index (κ3) is 3.16. The van der Waals surface area contributed by atoms with E-state index in [2.05, 4.69) is 16.3 Å². The SMILES string of the molecule is COc1ccc(C(=O)C(C#N)=CC2CCc3[nH]ncc3C2)cc1. The number of ether oxygens (including phenoxy) is 1. The van der Waals surface area contributed by atoms with Crippen LogP contribution in [0.15, 0.2) is 42.1 Å². The zero-order valence-electron chi connectivity index (χ0n) is 12.9. The first-order chi connectivity index (χ1) is 11.2. The van der Waals surface area contributed by atoms with Crippen molar-refractivity contribution in [2.24, 2.45) is 5.92 Å². The number of aromatic nitrogens is 2. The van der Waals surface area contributed by atoms with Gasteiger partial charge in [0.05, 0.1) is 18.9 Å². The number of nitriles is 1. The van der Waals surface area contributed by atoms with Crippen LogP contribution in [0.5, 0.6) is 5.75 Å². The second-order valence-corrected chi connectivity index (χ2v) is 5.63. The van der Waals surface area contributed by atoms with Crippen LogP contribution < -0.4 is 4.74 Å². The molecule has 1 aliphatic carbocycles. The predicted octanol–water partition coefficient (Wildman–Crippen LogP) is 2.86. The van der Waals surface area contributed by atoms with Crippen molar-refractivity contribution >= 4 is 5.78 Å². The van der Waals surface area contributed by atoms with E-state index in [0.717, 1.165) is 25.0 Å². The summed E-state index contributed by atoms with van der Waals surface area (Å²) < 4.78 is 5.08. The van der Waals surface area contributed by atoms with Gasteiger partial charge in [-0.15, -0.1) is 0 Å². The van der Waals surface area contributed by atoms with Crippen LogP contribution in [-0.2, 0) is 12.8 Å². The largest absolute Gasteiger partial charge is 0.497 e. The molecule has 3 rings (SSSR count). The van der Waals surface area contributed by atoms with Gasteiger partial charge in [-0.25, -0.2) is 0 Å². The molecule has 0 aliphatic heterocycles. The fourth-order valence-electron chi connectivity index (χ4n) is 2.88. The Balaban J connectivity index is 1.79. The summed E-state index contributed by atoms with van der Waals surface area (Å²) in [6.07, 6.45) is 6.25. The van der Waals surface area contributed by atoms with Gasteiger partial charge in [-0.1, -0.05) is 6.08 Å². The molecule has 0 radical (unpaired) electrons. The van der Waals surface area contributed by atoms with Gasteiger partial charge in [0.15, 0.2) is 0 Å². The van der Waals surface area contributed by atoms with Gasteiger partial charge < -0.3 is 4.74 Å². The molecule has 2 aromatic rings. The Kier molecular flexibility index (Phi) is 4.24. The number of H-pyrrole nitrogens is 1. The molecule has 1 unspecified atom stereocenters. The molecule has 1 heterocycles. The van der Waals surface area contributed by atoms with Crippen molar-refractivity contribution in [1.82, 2.24) is 10.2 Å². The molecule has 5 nitrogen and oxygen atoms in total. The van der Waals surface area contributed by atoms with Crippen molar-refractivity contribution < 1.29 is 9.53 Å². The molecule has 0 saturated carbocycles. The Hall–Kier alpha value is -2.87. The van der Waals surface area contributed by atoms with Gasteiger partial charge in [-0.05, 0) is 55.0 Å². The summed E-state index contributed by atoms with van der Waals surface area (Å²) in [5, 5.41) is 16.4. The van der Waals surface area contributed by atoms with E-state index in [1.165, 1.54) is 5.56 Å². The Morgan fingerprint density at radius 3 is 2.91 bits per heavy atom. The molecule has 1 aliphatic rings. The van der Waals surface area contributed by atoms with Gasteiger partial charge in [-0.3, -0.25) is 9.89 Å². The van der Waals surface area contributed by atoms with Crippen LogP contribution >= 0.6 is 0 Å². The molecular weight excluding hydrogens is 290 g/mol. The van der Waals surface area contributed by atoms with Crippen molar-refractivity contribution in [3.05, 3.63) is 58.9 Å². The summed E-state index contributed by atoms with van der Waals surface area (Å²) in [6, 6.07) is 8.86. The summed E-state index contributed by atoms with van der Waals surface area (Å²) in [4.78, 5) is 12.5. The van der Waals surface area contributed by atoms with Crippen molar-refractivity contribution in [3.63, 3.8) is 0 Å². The van der Waals surface area contributed by atoms with Crippen LogP contribution in [0.25, 0.3) is 0 Å². The Morgan fingerprint density at radius 1 is 1.43 bits per heavy atom. The summed E-state index contributed by atoms with van der Waals surface area (Å²) in [5.41, 5.74) is 3.03. The number of rotatable bonds is 4. The number of fused-ring (bicyclic) bond motifs is 1. The highest BCUT2D eigenvalue weighted by Gasteiger charge is 2.21. The highest BCUT2D eigenvalue weighted by atomic mass is 16.5. The van der Waals surface area contributed by atoms with Gasteiger partial charge in [0.25, 0.3) is 0 Å². The second kappa shape index (κ2) is 6.49. The smallest absolute Gasteiger partial charge is 0.203 e. The van der Waals surface area contributed by atoms with E-state index >= 15 is 0 Å². The normalized spacial score (nSPS) is 17.2. The van der Waals surface area contributed by atoms with Gasteiger partial charge in [-0.2, -0.15) is 10.4 Å². The van der Waals surface area contributed by atoms with E-state index in [4.69, 9.17) is 4.74 Å². The van der Waals surface area contributed by atoms with Crippen molar-refractivity contribution in [2.75, 3.05) is 7.11 Å². The zero-order chi connectivity index (χ0) is 16.2. The van der Waals surface area contributed by atoms with E-state index in [1.807, 2.05) is 12.3 Å². The molecule has 0 saturated heterocycles. The van der Waals surface area contributed by atoms with Crippen LogP contribution in [0, 0.1) is 17.2 Å². The summed E-state index contributed by atoms with van der Waals surface area (Å²) >= 11 is 0. The lowest BCUT2D eigenvalue weighted by molar-refractivity contribution is 0.103. The lowest BCUT2D eigenvalue weighted by Gasteiger charge is -2.18. The number of aromatic amines is 1. The fourth-order valence-corrected chi connectivity index (χ4v) is 2.88. The summed E-state index contributed by atoms with van der Waals surface area (Å²) in [6.45, 7) is 0. The maximum absolute atomic E-state index is 12.5. The molecule has 116 valence electrons. The molecule has 0 spiro atoms. The van der Waals surface area contributed by atoms with Gasteiger partial charge in [0.1, 0.15) is 11.8 Å². The fraction of sp³-hybridized carbons (Fsp3) is 0.278. The number of hydrogen-bond acceptors (Lipinski definition) is 4. The lowest BCUT2D eigenvalue weighted by atomic mass is 9.86. The first kappa shape index (κ1) is 15.0. The number of carbonyl (C=O) groups excluding carboxylic acids is 1. The molecule has 23 heavy (non-hydrogen) atoms. The van der Waals surface area contributed by atoms with Crippen molar-refractivity contribution in [2.45, 2.75) is 19.3 Å². The van der Waals surface area contributed by atoms with Gasteiger partial charge in [0, 0.05) is 11.3 Å². The number of carbonyl (C=O) groups is 1. The lowest BCUT2D eigenvalue weighted by Crippen LogP contribution is -2.13. The molecule has 0 fully saturated rings. The zero-order valence-corrected chi connectivity index (χ0v) is 12.9. The maximum Gasteiger partial charge on any atom is 0.203 e. The minimum atomic E-state index is -0.242. The number of aryl methyl sites for hydroxylation is 1. The van der Waals surface area contributed by atoms with Crippen molar-refractivity contribution in [3.8, 4) is 11.8 Å². The quantitative estimate of drug-likeness (QED) is 0.535. The van der Waals surface area contributed by atoms with Crippen LogP contribution in [0.2, 0.25) is 0 Å². The van der Waals surface area contributed by atoms with Crippen LogP contribution in [0.1, 0.15) is 28.0 Å². The average molecular weight is 307 g/mol. The monoisotopic (exact) mass is 307 g/mol. The number of benzene rings is 1. The summed E-state index contributed by atoms with van der Waals surface area (Å²) in [7, 11) is 1.57. The molecule has 5 heteroatoms. The van der Waals surface area contributed by atoms with E-state index in [-0.39, 0.29) is 17.3 Å². The van der Waals surface area contributed by atoms with Gasteiger partial charge in [0.2, 0.25) is 5.78 Å². The topological polar surface area (TPSA) is 78.8 Å². The first-order valence-electron chi connectivity index (χ1n) is 7.53. The second-order valence-electron chi connectivity index (χ2n) is 5.63. The van der Waals surface area contributed by atoms with E-state index < -0.39 is 0 Å². The highest BCUT2D eigenvalue weighted by Crippen LogP contribution is 2.26. The van der Waals surface area contributed by atoms with Gasteiger partial charge >= 0.3 is 0 Å². The number of nitrogens with zero attached hydrogens (tertiary/aromatic N) is 2. The summed E-state index contributed by atoms with van der Waals surface area (Å²) in [5.74, 6) is 0.633. The number of hydrogen-bond donors (Lipinski definition) is 1. The number of nitrogens with one attached hydrogen (secondary N) is 1. The van der Waals surface area contributed by atoms with Crippen LogP contribution in [0.3, 0.4) is 0 Å². The van der Waals surface area contributed by atoms with Crippen molar-refractivity contribution in [1.29, 1.82) is 5.26 Å². The number of allylic oxidation sites excluding steroid dienone is 2.